The number of nitrogens with zero attached hydrogens (tertiary/aromatic N) is 2. The predicted molar refractivity (Wildman–Crippen MR) is 114 cm³/mol. The number of nitrogens with one attached hydrogen (secondary N) is 1. The topological polar surface area (TPSA) is 69.7 Å². The zero-order valence-corrected chi connectivity index (χ0v) is 17.5. The van der Waals surface area contributed by atoms with Gasteiger partial charge in [0, 0.05) is 25.7 Å². The molecule has 2 amide bonds. The van der Waals surface area contributed by atoms with Crippen LogP contribution in [0.2, 0.25) is 0 Å². The molecule has 2 aromatic carbocycles. The van der Waals surface area contributed by atoms with Gasteiger partial charge in [0.1, 0.15) is 0 Å². The lowest BCUT2D eigenvalue weighted by atomic mass is 9.97. The molecule has 1 N–H and O–H groups in total. The second-order valence-electron chi connectivity index (χ2n) is 7.89. The molecule has 0 radical (unpaired) electrons. The summed E-state index contributed by atoms with van der Waals surface area (Å²) in [7, 11) is -4.01. The van der Waals surface area contributed by atoms with Crippen LogP contribution in [0.15, 0.2) is 54.6 Å². The molecule has 0 bridgehead atoms. The van der Waals surface area contributed by atoms with E-state index in [2.05, 4.69) is 10.8 Å². The van der Waals surface area contributed by atoms with E-state index in [0.29, 0.717) is 19.4 Å². The van der Waals surface area contributed by atoms with E-state index >= 15 is 0 Å². The van der Waals surface area contributed by atoms with E-state index in [1.54, 1.807) is 9.80 Å². The van der Waals surface area contributed by atoms with Gasteiger partial charge in [0.25, 0.3) is 0 Å². The van der Waals surface area contributed by atoms with Gasteiger partial charge in [-0.2, -0.15) is 0 Å². The SMILES string of the molecule is O=C(N1CCC1)N1CC[C@H](NS(=O)(=O)CF)[C@@H]1Cc1cccc(-c2ccccc2)c1. The van der Waals surface area contributed by atoms with Crippen molar-refractivity contribution in [3.8, 4) is 11.1 Å². The standard InChI is InChI=1S/C22H26FN3O3S/c23-16-30(28,29)24-20-10-13-26(22(27)25-11-5-12-25)21(20)15-17-6-4-9-19(14-17)18-7-2-1-3-8-18/h1-4,6-9,14,20-21,24H,5,10-13,15-16H2/t20-,21-/m0/s1. The molecule has 6 nitrogen and oxygen atoms in total. The monoisotopic (exact) mass is 431 g/mol. The highest BCUT2D eigenvalue weighted by atomic mass is 32.2. The Morgan fingerprint density at radius 3 is 2.43 bits per heavy atom. The largest absolute Gasteiger partial charge is 0.325 e. The van der Waals surface area contributed by atoms with Crippen molar-refractivity contribution in [1.29, 1.82) is 0 Å². The summed E-state index contributed by atoms with van der Waals surface area (Å²) in [5.74, 6) is 0. The first-order valence-corrected chi connectivity index (χ1v) is 11.9. The van der Waals surface area contributed by atoms with Gasteiger partial charge in [0.2, 0.25) is 16.0 Å². The number of carbonyl (C=O) groups is 1. The molecular weight excluding hydrogens is 405 g/mol. The maximum atomic E-state index is 12.9. The highest BCUT2D eigenvalue weighted by Gasteiger charge is 2.41. The van der Waals surface area contributed by atoms with Crippen LogP contribution in [0.25, 0.3) is 11.1 Å². The first kappa shape index (κ1) is 20.8. The van der Waals surface area contributed by atoms with E-state index in [1.807, 2.05) is 48.5 Å². The third-order valence-corrected chi connectivity index (χ3v) is 6.82. The Kier molecular flexibility index (Phi) is 6.06. The molecule has 2 aromatic rings. The first-order valence-electron chi connectivity index (χ1n) is 10.2. The van der Waals surface area contributed by atoms with E-state index in [0.717, 1.165) is 36.2 Å². The molecule has 0 saturated carbocycles. The number of sulfonamides is 1. The number of rotatable bonds is 6. The molecule has 0 aromatic heterocycles. The number of likely N-dealkylation sites (tertiary alicyclic amines) is 2. The number of amides is 2. The van der Waals surface area contributed by atoms with Crippen molar-refractivity contribution in [1.82, 2.24) is 14.5 Å². The molecule has 0 aliphatic carbocycles. The lowest BCUT2D eigenvalue weighted by Gasteiger charge is -2.37. The van der Waals surface area contributed by atoms with Crippen LogP contribution in [0, 0.1) is 0 Å². The fourth-order valence-corrected chi connectivity index (χ4v) is 4.98. The van der Waals surface area contributed by atoms with Crippen LogP contribution in [0.4, 0.5) is 9.18 Å². The second kappa shape index (κ2) is 8.73. The van der Waals surface area contributed by atoms with Crippen molar-refractivity contribution in [2.24, 2.45) is 0 Å². The fourth-order valence-electron chi connectivity index (χ4n) is 4.18. The van der Waals surface area contributed by atoms with E-state index in [1.165, 1.54) is 0 Å². The lowest BCUT2D eigenvalue weighted by Crippen LogP contribution is -2.54. The molecule has 8 heteroatoms. The van der Waals surface area contributed by atoms with Gasteiger partial charge in [0.05, 0.1) is 6.04 Å². The Balaban J connectivity index is 1.59. The van der Waals surface area contributed by atoms with Crippen molar-refractivity contribution in [2.45, 2.75) is 31.3 Å². The maximum absolute atomic E-state index is 12.9. The Labute approximate surface area is 176 Å². The molecule has 0 unspecified atom stereocenters. The van der Waals surface area contributed by atoms with Gasteiger partial charge in [-0.05, 0) is 36.0 Å². The van der Waals surface area contributed by atoms with Gasteiger partial charge in [0.15, 0.2) is 0 Å². The quantitative estimate of drug-likeness (QED) is 0.765. The smallest absolute Gasteiger partial charge is 0.320 e. The van der Waals surface area contributed by atoms with E-state index in [9.17, 15) is 17.6 Å². The van der Waals surface area contributed by atoms with Crippen LogP contribution in [0.3, 0.4) is 0 Å². The molecule has 2 atom stereocenters. The number of benzene rings is 2. The second-order valence-corrected chi connectivity index (χ2v) is 9.57. The summed E-state index contributed by atoms with van der Waals surface area (Å²) in [6.45, 7) is 1.91. The van der Waals surface area contributed by atoms with Crippen LogP contribution >= 0.6 is 0 Å². The van der Waals surface area contributed by atoms with Crippen molar-refractivity contribution in [2.75, 3.05) is 25.6 Å². The van der Waals surface area contributed by atoms with Crippen LogP contribution < -0.4 is 4.72 Å². The molecule has 160 valence electrons. The average molecular weight is 432 g/mol. The summed E-state index contributed by atoms with van der Waals surface area (Å²) in [6, 6.07) is 15.7. The Morgan fingerprint density at radius 1 is 1.03 bits per heavy atom. The molecule has 4 rings (SSSR count). The average Bonchev–Trinajstić information content (AvgIpc) is 3.09. The maximum Gasteiger partial charge on any atom is 0.320 e. The van der Waals surface area contributed by atoms with E-state index < -0.39 is 22.1 Å². The first-order chi connectivity index (χ1) is 14.5. The van der Waals surface area contributed by atoms with Gasteiger partial charge < -0.3 is 9.80 Å². The van der Waals surface area contributed by atoms with Gasteiger partial charge >= 0.3 is 6.03 Å². The number of halogens is 1. The normalized spacial score (nSPS) is 21.5. The van der Waals surface area contributed by atoms with Crippen molar-refractivity contribution >= 4 is 16.1 Å². The van der Waals surface area contributed by atoms with Crippen LogP contribution in [-0.4, -0.2) is 62.0 Å². The highest BCUT2D eigenvalue weighted by molar-refractivity contribution is 7.89. The summed E-state index contributed by atoms with van der Waals surface area (Å²) >= 11 is 0. The molecule has 0 spiro atoms. The predicted octanol–water partition coefficient (Wildman–Crippen LogP) is 3.01. The number of hydrogen-bond donors (Lipinski definition) is 1. The van der Waals surface area contributed by atoms with Gasteiger partial charge in [-0.15, -0.1) is 0 Å². The minimum absolute atomic E-state index is 0.0626. The van der Waals surface area contributed by atoms with Gasteiger partial charge in [-0.1, -0.05) is 54.6 Å². The van der Waals surface area contributed by atoms with Crippen LogP contribution in [0.5, 0.6) is 0 Å². The van der Waals surface area contributed by atoms with Crippen LogP contribution in [-0.2, 0) is 16.4 Å². The minimum atomic E-state index is -4.01. The highest BCUT2D eigenvalue weighted by Crippen LogP contribution is 2.27. The number of carbonyl (C=O) groups excluding carboxylic acids is 1. The van der Waals surface area contributed by atoms with Crippen LogP contribution in [0.1, 0.15) is 18.4 Å². The Morgan fingerprint density at radius 2 is 1.77 bits per heavy atom. The fraction of sp³-hybridized carbons (Fsp3) is 0.409. The minimum Gasteiger partial charge on any atom is -0.325 e. The summed E-state index contributed by atoms with van der Waals surface area (Å²) in [5.41, 5.74) is 3.16. The molecule has 2 saturated heterocycles. The zero-order valence-electron chi connectivity index (χ0n) is 16.7. The zero-order chi connectivity index (χ0) is 21.1. The molecule has 2 fully saturated rings. The van der Waals surface area contributed by atoms with Crippen molar-refractivity contribution in [3.63, 3.8) is 0 Å². The molecule has 2 heterocycles. The number of alkyl halides is 1. The Hall–Kier alpha value is -2.45. The van der Waals surface area contributed by atoms with E-state index in [-0.39, 0.29) is 12.1 Å². The summed E-state index contributed by atoms with van der Waals surface area (Å²) in [5, 5.41) is 0. The van der Waals surface area contributed by atoms with Crippen molar-refractivity contribution in [3.05, 3.63) is 60.2 Å². The van der Waals surface area contributed by atoms with Crippen molar-refractivity contribution < 1.29 is 17.6 Å². The number of urea groups is 1. The van der Waals surface area contributed by atoms with Gasteiger partial charge in [-0.25, -0.2) is 22.3 Å². The lowest BCUT2D eigenvalue weighted by molar-refractivity contribution is 0.120. The summed E-state index contributed by atoms with van der Waals surface area (Å²) < 4.78 is 39.1. The number of hydrogen-bond acceptors (Lipinski definition) is 3. The molecular formula is C22H26FN3O3S. The summed E-state index contributed by atoms with van der Waals surface area (Å²) in [4.78, 5) is 16.4. The van der Waals surface area contributed by atoms with Gasteiger partial charge in [-0.3, -0.25) is 0 Å². The molecule has 30 heavy (non-hydrogen) atoms. The Bertz CT molecular complexity index is 996. The van der Waals surface area contributed by atoms with E-state index in [4.69, 9.17) is 0 Å². The molecule has 2 aliphatic heterocycles. The summed E-state index contributed by atoms with van der Waals surface area (Å²) in [6.07, 6.45) is 1.96. The molecule has 2 aliphatic rings. The third-order valence-electron chi connectivity index (χ3n) is 5.87. The third kappa shape index (κ3) is 4.49.